The molecule has 0 aliphatic heterocycles. The highest BCUT2D eigenvalue weighted by atomic mass is 35.5. The summed E-state index contributed by atoms with van der Waals surface area (Å²) in [6, 6.07) is 5.20. The number of aryl methyl sites for hydroxylation is 2. The maximum absolute atomic E-state index is 7.65. The summed E-state index contributed by atoms with van der Waals surface area (Å²) >= 11 is 6.03. The lowest BCUT2D eigenvalue weighted by Gasteiger charge is -2.10. The SMILES string of the molecule is CCc1nc(CC)n(-c2cc(Cl)ccc2C(=N)N)n1. The van der Waals surface area contributed by atoms with Crippen LogP contribution in [-0.2, 0) is 12.8 Å². The summed E-state index contributed by atoms with van der Waals surface area (Å²) in [5.74, 6) is 1.59. The average Bonchev–Trinajstić information content (AvgIpc) is 2.81. The van der Waals surface area contributed by atoms with E-state index in [9.17, 15) is 0 Å². The highest BCUT2D eigenvalue weighted by molar-refractivity contribution is 6.31. The minimum Gasteiger partial charge on any atom is -0.384 e. The van der Waals surface area contributed by atoms with Crippen LogP contribution in [0.2, 0.25) is 5.02 Å². The molecule has 2 aromatic rings. The van der Waals surface area contributed by atoms with E-state index in [-0.39, 0.29) is 5.84 Å². The second-order valence-corrected chi connectivity index (χ2v) is 4.57. The summed E-state index contributed by atoms with van der Waals surface area (Å²) in [4.78, 5) is 4.45. The second kappa shape index (κ2) is 5.40. The van der Waals surface area contributed by atoms with Gasteiger partial charge in [-0.25, -0.2) is 9.67 Å². The van der Waals surface area contributed by atoms with Crippen LogP contribution in [0.1, 0.15) is 31.1 Å². The number of rotatable bonds is 4. The van der Waals surface area contributed by atoms with Crippen LogP contribution < -0.4 is 5.73 Å². The molecule has 0 atom stereocenters. The van der Waals surface area contributed by atoms with Gasteiger partial charge in [0.1, 0.15) is 11.7 Å². The molecule has 5 nitrogen and oxygen atoms in total. The standard InChI is InChI=1S/C13H16ClN5/c1-3-11-17-12(4-2)19(18-11)10-7-8(14)5-6-9(10)13(15)16/h5-7H,3-4H2,1-2H3,(H3,15,16). The molecule has 0 saturated heterocycles. The Hall–Kier alpha value is -1.88. The maximum Gasteiger partial charge on any atom is 0.151 e. The van der Waals surface area contributed by atoms with Gasteiger partial charge in [0, 0.05) is 23.4 Å². The van der Waals surface area contributed by atoms with E-state index in [1.807, 2.05) is 13.8 Å². The van der Waals surface area contributed by atoms with Gasteiger partial charge in [0.2, 0.25) is 0 Å². The van der Waals surface area contributed by atoms with Crippen molar-refractivity contribution in [1.29, 1.82) is 5.41 Å². The molecule has 1 heterocycles. The van der Waals surface area contributed by atoms with Crippen molar-refractivity contribution in [1.82, 2.24) is 14.8 Å². The van der Waals surface area contributed by atoms with Crippen LogP contribution in [0.15, 0.2) is 18.2 Å². The Labute approximate surface area is 116 Å². The van der Waals surface area contributed by atoms with Crippen LogP contribution in [-0.4, -0.2) is 20.6 Å². The Morgan fingerprint density at radius 3 is 2.68 bits per heavy atom. The zero-order chi connectivity index (χ0) is 14.0. The number of nitrogens with two attached hydrogens (primary N) is 1. The number of hydrogen-bond acceptors (Lipinski definition) is 3. The first-order valence-corrected chi connectivity index (χ1v) is 6.53. The second-order valence-electron chi connectivity index (χ2n) is 4.14. The third-order valence-corrected chi connectivity index (χ3v) is 3.06. The van der Waals surface area contributed by atoms with Crippen molar-refractivity contribution in [3.8, 4) is 5.69 Å². The van der Waals surface area contributed by atoms with Crippen molar-refractivity contribution >= 4 is 17.4 Å². The van der Waals surface area contributed by atoms with Gasteiger partial charge in [-0.2, -0.15) is 5.10 Å². The Kier molecular flexibility index (Phi) is 3.85. The largest absolute Gasteiger partial charge is 0.384 e. The topological polar surface area (TPSA) is 80.6 Å². The average molecular weight is 278 g/mol. The van der Waals surface area contributed by atoms with Crippen LogP contribution in [0.3, 0.4) is 0 Å². The Bertz CT molecular complexity index is 617. The molecule has 0 bridgehead atoms. The number of hydrogen-bond donors (Lipinski definition) is 2. The van der Waals surface area contributed by atoms with E-state index >= 15 is 0 Å². The number of nitrogen functional groups attached to an aromatic ring is 1. The molecular formula is C13H16ClN5. The van der Waals surface area contributed by atoms with Crippen molar-refractivity contribution in [3.05, 3.63) is 40.4 Å². The molecule has 0 spiro atoms. The quantitative estimate of drug-likeness (QED) is 0.665. The first-order chi connectivity index (χ1) is 9.06. The van der Waals surface area contributed by atoms with E-state index in [4.69, 9.17) is 22.7 Å². The Morgan fingerprint density at radius 2 is 2.11 bits per heavy atom. The normalized spacial score (nSPS) is 10.7. The summed E-state index contributed by atoms with van der Waals surface area (Å²) < 4.78 is 1.72. The number of halogens is 1. The van der Waals surface area contributed by atoms with Gasteiger partial charge in [-0.1, -0.05) is 25.4 Å². The molecule has 3 N–H and O–H groups in total. The molecule has 19 heavy (non-hydrogen) atoms. The van der Waals surface area contributed by atoms with Crippen molar-refractivity contribution in [2.45, 2.75) is 26.7 Å². The van der Waals surface area contributed by atoms with Gasteiger partial charge in [-0.15, -0.1) is 0 Å². The van der Waals surface area contributed by atoms with Gasteiger partial charge in [0.15, 0.2) is 5.82 Å². The molecule has 0 saturated carbocycles. The monoisotopic (exact) mass is 277 g/mol. The fourth-order valence-corrected chi connectivity index (χ4v) is 2.04. The summed E-state index contributed by atoms with van der Waals surface area (Å²) in [7, 11) is 0. The van der Waals surface area contributed by atoms with E-state index in [0.717, 1.165) is 24.5 Å². The molecule has 6 heteroatoms. The molecule has 1 aromatic carbocycles. The van der Waals surface area contributed by atoms with Crippen LogP contribution in [0.5, 0.6) is 0 Å². The maximum atomic E-state index is 7.65. The highest BCUT2D eigenvalue weighted by Gasteiger charge is 2.14. The molecular weight excluding hydrogens is 262 g/mol. The van der Waals surface area contributed by atoms with Gasteiger partial charge in [0.25, 0.3) is 0 Å². The third-order valence-electron chi connectivity index (χ3n) is 2.83. The number of amidine groups is 1. The van der Waals surface area contributed by atoms with Gasteiger partial charge in [-0.05, 0) is 18.2 Å². The number of nitrogens with one attached hydrogen (secondary N) is 1. The van der Waals surface area contributed by atoms with Gasteiger partial charge in [0.05, 0.1) is 5.69 Å². The molecule has 0 amide bonds. The van der Waals surface area contributed by atoms with E-state index in [1.165, 1.54) is 0 Å². The predicted octanol–water partition coefficient (Wildman–Crippen LogP) is 2.33. The zero-order valence-electron chi connectivity index (χ0n) is 10.9. The predicted molar refractivity (Wildman–Crippen MR) is 76.1 cm³/mol. The number of nitrogens with zero attached hydrogens (tertiary/aromatic N) is 3. The zero-order valence-corrected chi connectivity index (χ0v) is 11.7. The Morgan fingerprint density at radius 1 is 1.37 bits per heavy atom. The number of benzene rings is 1. The molecule has 0 radical (unpaired) electrons. The van der Waals surface area contributed by atoms with E-state index in [0.29, 0.717) is 16.3 Å². The van der Waals surface area contributed by atoms with Crippen molar-refractivity contribution in [3.63, 3.8) is 0 Å². The summed E-state index contributed by atoms with van der Waals surface area (Å²) in [5.41, 5.74) is 6.91. The molecule has 0 aliphatic rings. The summed E-state index contributed by atoms with van der Waals surface area (Å²) in [5, 5.41) is 12.7. The highest BCUT2D eigenvalue weighted by Crippen LogP contribution is 2.21. The fraction of sp³-hybridized carbons (Fsp3) is 0.308. The molecule has 0 unspecified atom stereocenters. The van der Waals surface area contributed by atoms with E-state index in [1.54, 1.807) is 22.9 Å². The first kappa shape index (κ1) is 13.5. The smallest absolute Gasteiger partial charge is 0.151 e. The van der Waals surface area contributed by atoms with Gasteiger partial charge >= 0.3 is 0 Å². The summed E-state index contributed by atoms with van der Waals surface area (Å²) in [6.07, 6.45) is 1.51. The van der Waals surface area contributed by atoms with E-state index in [2.05, 4.69) is 10.1 Å². The first-order valence-electron chi connectivity index (χ1n) is 6.16. The van der Waals surface area contributed by atoms with Crippen molar-refractivity contribution in [2.75, 3.05) is 0 Å². The molecule has 2 rings (SSSR count). The van der Waals surface area contributed by atoms with Gasteiger partial charge < -0.3 is 5.73 Å². The third kappa shape index (κ3) is 2.61. The minimum atomic E-state index is -0.0118. The van der Waals surface area contributed by atoms with Crippen molar-refractivity contribution in [2.24, 2.45) is 5.73 Å². The molecule has 0 fully saturated rings. The minimum absolute atomic E-state index is 0.0118. The molecule has 100 valence electrons. The lowest BCUT2D eigenvalue weighted by Crippen LogP contribution is -2.16. The lowest BCUT2D eigenvalue weighted by molar-refractivity contribution is 0.789. The van der Waals surface area contributed by atoms with Crippen LogP contribution in [0, 0.1) is 5.41 Å². The van der Waals surface area contributed by atoms with Crippen LogP contribution >= 0.6 is 11.6 Å². The van der Waals surface area contributed by atoms with Crippen LogP contribution in [0.4, 0.5) is 0 Å². The molecule has 1 aromatic heterocycles. The Balaban J connectivity index is 2.66. The van der Waals surface area contributed by atoms with Crippen molar-refractivity contribution < 1.29 is 0 Å². The number of aromatic nitrogens is 3. The van der Waals surface area contributed by atoms with E-state index < -0.39 is 0 Å². The summed E-state index contributed by atoms with van der Waals surface area (Å²) in [6.45, 7) is 4.01. The van der Waals surface area contributed by atoms with Gasteiger partial charge in [-0.3, -0.25) is 5.41 Å². The van der Waals surface area contributed by atoms with Crippen LogP contribution in [0.25, 0.3) is 5.69 Å². The fourth-order valence-electron chi connectivity index (χ4n) is 1.87. The molecule has 0 aliphatic carbocycles. The lowest BCUT2D eigenvalue weighted by atomic mass is 10.1.